The average molecular weight is 566 g/mol. The molecular weight excluding hydrogens is 544 g/mol. The topological polar surface area (TPSA) is 18.5 Å². The molecule has 0 aromatic heterocycles. The van der Waals surface area contributed by atoms with Gasteiger partial charge < -0.3 is 9.47 Å². The molecule has 0 radical (unpaired) electrons. The van der Waals surface area contributed by atoms with Gasteiger partial charge in [0.05, 0.1) is 13.2 Å². The van der Waals surface area contributed by atoms with Crippen molar-refractivity contribution in [3.63, 3.8) is 0 Å². The molecular formula is C16H22Br4O2. The van der Waals surface area contributed by atoms with E-state index in [9.17, 15) is 0 Å². The van der Waals surface area contributed by atoms with E-state index in [1.807, 2.05) is 24.3 Å². The van der Waals surface area contributed by atoms with Crippen LogP contribution in [0.15, 0.2) is 24.3 Å². The molecule has 0 N–H and O–H groups in total. The highest BCUT2D eigenvalue weighted by atomic mass is 79.9. The van der Waals surface area contributed by atoms with Crippen LogP contribution in [0.3, 0.4) is 0 Å². The Morgan fingerprint density at radius 1 is 0.773 bits per heavy atom. The molecule has 6 heteroatoms. The first-order chi connectivity index (χ1) is 10.7. The Morgan fingerprint density at radius 2 is 1.23 bits per heavy atom. The molecule has 0 saturated carbocycles. The highest BCUT2D eigenvalue weighted by Gasteiger charge is 2.09. The first-order valence-electron chi connectivity index (χ1n) is 7.33. The smallest absolute Gasteiger partial charge is 0.122 e. The van der Waals surface area contributed by atoms with Gasteiger partial charge in [-0.25, -0.2) is 0 Å². The van der Waals surface area contributed by atoms with Crippen LogP contribution in [-0.4, -0.2) is 34.5 Å². The van der Waals surface area contributed by atoms with Crippen LogP contribution in [-0.2, 0) is 0 Å². The second kappa shape index (κ2) is 13.1. The number of alkyl halides is 4. The van der Waals surface area contributed by atoms with Gasteiger partial charge in [-0.15, -0.1) is 0 Å². The fourth-order valence-corrected chi connectivity index (χ4v) is 4.12. The maximum absolute atomic E-state index is 5.89. The van der Waals surface area contributed by atoms with Gasteiger partial charge in [0.25, 0.3) is 0 Å². The number of benzene rings is 1. The van der Waals surface area contributed by atoms with Gasteiger partial charge in [0.15, 0.2) is 0 Å². The van der Waals surface area contributed by atoms with Crippen LogP contribution < -0.4 is 9.47 Å². The summed E-state index contributed by atoms with van der Waals surface area (Å²) in [6, 6.07) is 7.91. The minimum absolute atomic E-state index is 0.514. The summed E-state index contributed by atoms with van der Waals surface area (Å²) < 4.78 is 11.8. The summed E-state index contributed by atoms with van der Waals surface area (Å²) in [5.41, 5.74) is 0. The monoisotopic (exact) mass is 562 g/mol. The molecule has 0 aliphatic carbocycles. The zero-order valence-corrected chi connectivity index (χ0v) is 18.8. The summed E-state index contributed by atoms with van der Waals surface area (Å²) in [7, 11) is 0. The van der Waals surface area contributed by atoms with Crippen LogP contribution in [0.5, 0.6) is 11.5 Å². The van der Waals surface area contributed by atoms with Gasteiger partial charge in [0, 0.05) is 39.2 Å². The maximum atomic E-state index is 5.89. The van der Waals surface area contributed by atoms with Gasteiger partial charge in [-0.2, -0.15) is 0 Å². The van der Waals surface area contributed by atoms with Gasteiger partial charge in [0.2, 0.25) is 0 Å². The molecule has 0 saturated heterocycles. The second-order valence-electron chi connectivity index (χ2n) is 5.09. The van der Waals surface area contributed by atoms with E-state index in [1.165, 1.54) is 0 Å². The highest BCUT2D eigenvalue weighted by Crippen LogP contribution is 2.22. The third-order valence-electron chi connectivity index (χ3n) is 3.25. The Balaban J connectivity index is 2.47. The highest BCUT2D eigenvalue weighted by molar-refractivity contribution is 9.09. The van der Waals surface area contributed by atoms with Crippen LogP contribution in [0.4, 0.5) is 0 Å². The normalized spacial score (nSPS) is 13.6. The van der Waals surface area contributed by atoms with Crippen LogP contribution >= 0.6 is 63.7 Å². The minimum Gasteiger partial charge on any atom is -0.493 e. The van der Waals surface area contributed by atoms with Gasteiger partial charge in [-0.1, -0.05) is 69.8 Å². The largest absolute Gasteiger partial charge is 0.493 e. The molecule has 0 aliphatic heterocycles. The summed E-state index contributed by atoms with van der Waals surface area (Å²) in [5.74, 6) is 2.77. The Hall–Kier alpha value is 0.740. The summed E-state index contributed by atoms with van der Waals surface area (Å²) in [5, 5.41) is 3.90. The Morgan fingerprint density at radius 3 is 1.59 bits per heavy atom. The van der Waals surface area contributed by atoms with E-state index < -0.39 is 0 Å². The summed E-state index contributed by atoms with van der Waals surface area (Å²) >= 11 is 14.0. The van der Waals surface area contributed by atoms with E-state index in [4.69, 9.17) is 9.47 Å². The predicted octanol–water partition coefficient (Wildman–Crippen LogP) is 6.04. The van der Waals surface area contributed by atoms with Gasteiger partial charge >= 0.3 is 0 Å². The molecule has 1 rings (SSSR count). The van der Waals surface area contributed by atoms with Crippen molar-refractivity contribution in [1.82, 2.24) is 0 Å². The molecule has 0 aliphatic rings. The van der Waals surface area contributed by atoms with E-state index in [-0.39, 0.29) is 0 Å². The lowest BCUT2D eigenvalue weighted by Gasteiger charge is -2.16. The SMILES string of the molecule is BrCCC(CBr)COc1cccc(OCC(CBr)CCBr)c1. The molecule has 0 spiro atoms. The van der Waals surface area contributed by atoms with Crippen molar-refractivity contribution in [3.05, 3.63) is 24.3 Å². The number of hydrogen-bond acceptors (Lipinski definition) is 2. The van der Waals surface area contributed by atoms with Crippen molar-refractivity contribution in [3.8, 4) is 11.5 Å². The van der Waals surface area contributed by atoms with E-state index in [2.05, 4.69) is 63.7 Å². The molecule has 0 heterocycles. The number of rotatable bonds is 12. The van der Waals surface area contributed by atoms with E-state index >= 15 is 0 Å². The third-order valence-corrected chi connectivity index (χ3v) is 6.00. The molecule has 2 nitrogen and oxygen atoms in total. The van der Waals surface area contributed by atoms with E-state index in [0.717, 1.165) is 45.7 Å². The first-order valence-corrected chi connectivity index (χ1v) is 11.8. The molecule has 126 valence electrons. The number of halogens is 4. The maximum Gasteiger partial charge on any atom is 0.122 e. The molecule has 1 aromatic rings. The lowest BCUT2D eigenvalue weighted by Crippen LogP contribution is -2.15. The summed E-state index contributed by atoms with van der Waals surface area (Å²) in [4.78, 5) is 0. The average Bonchev–Trinajstić information content (AvgIpc) is 2.55. The van der Waals surface area contributed by atoms with Crippen molar-refractivity contribution in [1.29, 1.82) is 0 Å². The quantitative estimate of drug-likeness (QED) is 0.288. The van der Waals surface area contributed by atoms with Gasteiger partial charge in [-0.3, -0.25) is 0 Å². The molecule has 22 heavy (non-hydrogen) atoms. The van der Waals surface area contributed by atoms with Crippen LogP contribution in [0.1, 0.15) is 12.8 Å². The van der Waals surface area contributed by atoms with Gasteiger partial charge in [-0.05, 0) is 25.0 Å². The lowest BCUT2D eigenvalue weighted by atomic mass is 10.1. The third kappa shape index (κ3) is 8.55. The Kier molecular flexibility index (Phi) is 12.4. The first kappa shape index (κ1) is 20.8. The lowest BCUT2D eigenvalue weighted by molar-refractivity contribution is 0.248. The number of hydrogen-bond donors (Lipinski definition) is 0. The van der Waals surface area contributed by atoms with Crippen molar-refractivity contribution in [2.24, 2.45) is 11.8 Å². The fraction of sp³-hybridized carbons (Fsp3) is 0.625. The van der Waals surface area contributed by atoms with Crippen molar-refractivity contribution >= 4 is 63.7 Å². The Bertz CT molecular complexity index is 370. The van der Waals surface area contributed by atoms with Crippen molar-refractivity contribution < 1.29 is 9.47 Å². The molecule has 0 fully saturated rings. The minimum atomic E-state index is 0.514. The molecule has 1 aromatic carbocycles. The molecule has 2 unspecified atom stereocenters. The molecule has 0 amide bonds. The molecule has 0 bridgehead atoms. The van der Waals surface area contributed by atoms with Crippen molar-refractivity contribution in [2.45, 2.75) is 12.8 Å². The molecule has 2 atom stereocenters. The van der Waals surface area contributed by atoms with Gasteiger partial charge in [0.1, 0.15) is 11.5 Å². The standard InChI is InChI=1S/C16H22Br4O2/c17-6-4-13(9-19)11-21-15-2-1-3-16(8-15)22-12-14(10-20)5-7-18/h1-3,8,13-14H,4-7,9-12H2. The fourth-order valence-electron chi connectivity index (χ4n) is 1.80. The second-order valence-corrected chi connectivity index (χ2v) is 7.97. The predicted molar refractivity (Wildman–Crippen MR) is 109 cm³/mol. The van der Waals surface area contributed by atoms with Crippen LogP contribution in [0.2, 0.25) is 0 Å². The van der Waals surface area contributed by atoms with E-state index in [0.29, 0.717) is 25.0 Å². The van der Waals surface area contributed by atoms with Crippen molar-refractivity contribution in [2.75, 3.05) is 34.5 Å². The van der Waals surface area contributed by atoms with Crippen LogP contribution in [0.25, 0.3) is 0 Å². The van der Waals surface area contributed by atoms with Crippen LogP contribution in [0, 0.1) is 11.8 Å². The zero-order valence-electron chi connectivity index (χ0n) is 12.4. The van der Waals surface area contributed by atoms with E-state index in [1.54, 1.807) is 0 Å². The Labute approximate surface area is 167 Å². The summed E-state index contributed by atoms with van der Waals surface area (Å²) in [6.07, 6.45) is 2.20. The zero-order chi connectivity index (χ0) is 16.2. The summed E-state index contributed by atoms with van der Waals surface area (Å²) in [6.45, 7) is 1.43. The number of ether oxygens (including phenoxy) is 2.